The van der Waals surface area contributed by atoms with E-state index in [2.05, 4.69) is 11.9 Å². The molecule has 3 heterocycles. The number of amides is 1. The van der Waals surface area contributed by atoms with Crippen LogP contribution in [0.15, 0.2) is 63.5 Å². The predicted octanol–water partition coefficient (Wildman–Crippen LogP) is 4.11. The molecule has 0 aliphatic carbocycles. The van der Waals surface area contributed by atoms with E-state index >= 15 is 0 Å². The zero-order valence-electron chi connectivity index (χ0n) is 24.6. The van der Waals surface area contributed by atoms with Crippen molar-refractivity contribution in [3.63, 3.8) is 0 Å². The first-order valence-electron chi connectivity index (χ1n) is 14.1. The van der Waals surface area contributed by atoms with Gasteiger partial charge in [0.1, 0.15) is 4.53 Å². The van der Waals surface area contributed by atoms with Crippen LogP contribution in [0.5, 0.6) is 11.5 Å². The van der Waals surface area contributed by atoms with Crippen LogP contribution in [0, 0.1) is 0 Å². The third-order valence-corrected chi connectivity index (χ3v) is 8.81. The molecule has 1 amide bonds. The molecule has 0 N–H and O–H groups in total. The van der Waals surface area contributed by atoms with Gasteiger partial charge in [0.15, 0.2) is 16.3 Å². The molecule has 0 unspecified atom stereocenters. The van der Waals surface area contributed by atoms with Crippen molar-refractivity contribution in [2.45, 2.75) is 52.0 Å². The van der Waals surface area contributed by atoms with Crippen LogP contribution in [-0.4, -0.2) is 44.3 Å². The van der Waals surface area contributed by atoms with Crippen LogP contribution < -0.4 is 29.3 Å². The Kier molecular flexibility index (Phi) is 8.63. The molecule has 3 aromatic rings. The highest BCUT2D eigenvalue weighted by atomic mass is 32.1. The summed E-state index contributed by atoms with van der Waals surface area (Å²) in [5.41, 5.74) is 2.80. The van der Waals surface area contributed by atoms with Gasteiger partial charge in [0.05, 0.1) is 49.9 Å². The lowest BCUT2D eigenvalue weighted by molar-refractivity contribution is -0.136. The van der Waals surface area contributed by atoms with Gasteiger partial charge in [-0.3, -0.25) is 14.2 Å². The number of rotatable bonds is 10. The SMILES string of the molecule is CCCCCCCN1C(=O)/C(=c2\sc3n(c2=O)[C@H](c2ccc(OC)c(OC)c2)C(C(=O)OC)=C(C)N=3)c2ccccc21. The fraction of sp³-hybridized carbons (Fsp3) is 0.375. The van der Waals surface area contributed by atoms with Crippen molar-refractivity contribution in [1.29, 1.82) is 0 Å². The van der Waals surface area contributed by atoms with Crippen molar-refractivity contribution >= 4 is 34.5 Å². The van der Waals surface area contributed by atoms with E-state index in [1.54, 1.807) is 30.0 Å². The van der Waals surface area contributed by atoms with E-state index in [4.69, 9.17) is 14.2 Å². The number of thiazole rings is 1. The number of nitrogens with zero attached hydrogens (tertiary/aromatic N) is 3. The van der Waals surface area contributed by atoms with E-state index in [0.29, 0.717) is 44.2 Å². The van der Waals surface area contributed by atoms with E-state index in [1.165, 1.54) is 32.3 Å². The summed E-state index contributed by atoms with van der Waals surface area (Å²) in [6.07, 6.45) is 5.38. The van der Waals surface area contributed by atoms with Gasteiger partial charge in [0.2, 0.25) is 0 Å². The van der Waals surface area contributed by atoms with Gasteiger partial charge >= 0.3 is 5.97 Å². The number of hydrogen-bond acceptors (Lipinski definition) is 8. The number of para-hydroxylation sites is 1. The smallest absolute Gasteiger partial charge is 0.338 e. The highest BCUT2D eigenvalue weighted by Gasteiger charge is 2.37. The first-order valence-corrected chi connectivity index (χ1v) is 14.9. The number of methoxy groups -OCH3 is 3. The van der Waals surface area contributed by atoms with Gasteiger partial charge < -0.3 is 19.1 Å². The standard InChI is InChI=1S/C32H35N3O6S/c1-6-7-8-9-12-17-34-22-14-11-10-13-21(22)26(29(34)36)28-30(37)35-27(20-15-16-23(39-3)24(18-20)40-4)25(31(38)41-5)19(2)33-32(35)42-28/h10-11,13-16,18,27H,6-9,12,17H2,1-5H3/b28-26-/t27-/m1/s1. The van der Waals surface area contributed by atoms with Gasteiger partial charge in [0.25, 0.3) is 11.5 Å². The molecule has 0 radical (unpaired) electrons. The van der Waals surface area contributed by atoms with Gasteiger partial charge in [-0.1, -0.05) is 68.2 Å². The molecule has 0 spiro atoms. The minimum absolute atomic E-state index is 0.191. The van der Waals surface area contributed by atoms with Crippen LogP contribution in [0.2, 0.25) is 0 Å². The first-order chi connectivity index (χ1) is 20.4. The highest BCUT2D eigenvalue weighted by Crippen LogP contribution is 2.37. The van der Waals surface area contributed by atoms with E-state index in [1.807, 2.05) is 24.3 Å². The molecule has 5 rings (SSSR count). The molecule has 1 atom stereocenters. The van der Waals surface area contributed by atoms with Crippen LogP contribution in [0.25, 0.3) is 5.57 Å². The average Bonchev–Trinajstić information content (AvgIpc) is 3.47. The van der Waals surface area contributed by atoms with Crippen molar-refractivity contribution in [3.8, 4) is 11.5 Å². The molecule has 0 fully saturated rings. The molecule has 0 bridgehead atoms. The molecule has 0 saturated carbocycles. The number of allylic oxidation sites excluding steroid dienone is 1. The van der Waals surface area contributed by atoms with Crippen LogP contribution in [-0.2, 0) is 14.3 Å². The molecule has 1 aromatic heterocycles. The Morgan fingerprint density at radius 2 is 1.71 bits per heavy atom. The lowest BCUT2D eigenvalue weighted by Crippen LogP contribution is -2.41. The van der Waals surface area contributed by atoms with E-state index < -0.39 is 17.6 Å². The summed E-state index contributed by atoms with van der Waals surface area (Å²) in [6.45, 7) is 4.48. The molecular weight excluding hydrogens is 554 g/mol. The maximum Gasteiger partial charge on any atom is 0.338 e. The van der Waals surface area contributed by atoms with Crippen LogP contribution in [0.3, 0.4) is 0 Å². The number of aromatic nitrogens is 1. The Balaban J connectivity index is 1.69. The summed E-state index contributed by atoms with van der Waals surface area (Å²) in [6, 6.07) is 12.0. The lowest BCUT2D eigenvalue weighted by atomic mass is 9.95. The summed E-state index contributed by atoms with van der Waals surface area (Å²) in [5.74, 6) is 0.182. The molecule has 0 saturated heterocycles. The zero-order chi connectivity index (χ0) is 30.0. The van der Waals surface area contributed by atoms with E-state index in [9.17, 15) is 14.4 Å². The lowest BCUT2D eigenvalue weighted by Gasteiger charge is -2.25. The summed E-state index contributed by atoms with van der Waals surface area (Å²) >= 11 is 1.16. The van der Waals surface area contributed by atoms with E-state index in [0.717, 1.165) is 48.3 Å². The number of carbonyl (C=O) groups excluding carboxylic acids is 2. The minimum atomic E-state index is -0.843. The van der Waals surface area contributed by atoms with Gasteiger partial charge in [-0.05, 0) is 37.1 Å². The first kappa shape index (κ1) is 29.3. The van der Waals surface area contributed by atoms with Crippen molar-refractivity contribution in [2.24, 2.45) is 4.99 Å². The number of carbonyl (C=O) groups is 2. The fourth-order valence-electron chi connectivity index (χ4n) is 5.68. The van der Waals surface area contributed by atoms with Crippen LogP contribution >= 0.6 is 11.3 Å². The van der Waals surface area contributed by atoms with Crippen molar-refractivity contribution < 1.29 is 23.8 Å². The number of benzene rings is 2. The number of esters is 1. The summed E-state index contributed by atoms with van der Waals surface area (Å²) in [5, 5.41) is 0. The molecule has 220 valence electrons. The molecule has 2 aliphatic heterocycles. The van der Waals surface area contributed by atoms with Crippen LogP contribution in [0.4, 0.5) is 5.69 Å². The second-order valence-electron chi connectivity index (χ2n) is 10.3. The van der Waals surface area contributed by atoms with Gasteiger partial charge in [0, 0.05) is 12.1 Å². The number of fused-ring (bicyclic) bond motifs is 2. The third kappa shape index (κ3) is 5.04. The molecule has 2 aliphatic rings. The van der Waals surface area contributed by atoms with Crippen molar-refractivity contribution in [3.05, 3.63) is 84.5 Å². The Morgan fingerprint density at radius 3 is 2.43 bits per heavy atom. The maximum absolute atomic E-state index is 14.3. The van der Waals surface area contributed by atoms with Crippen molar-refractivity contribution in [1.82, 2.24) is 4.57 Å². The second kappa shape index (κ2) is 12.4. The summed E-state index contributed by atoms with van der Waals surface area (Å²) in [4.78, 5) is 48.2. The number of anilines is 1. The van der Waals surface area contributed by atoms with E-state index in [-0.39, 0.29) is 11.5 Å². The minimum Gasteiger partial charge on any atom is -0.493 e. The molecular formula is C32H35N3O6S. The average molecular weight is 590 g/mol. The normalized spacial score (nSPS) is 17.1. The maximum atomic E-state index is 14.3. The third-order valence-electron chi connectivity index (χ3n) is 7.76. The van der Waals surface area contributed by atoms with Crippen molar-refractivity contribution in [2.75, 3.05) is 32.8 Å². The number of unbranched alkanes of at least 4 members (excludes halogenated alkanes) is 4. The van der Waals surface area contributed by atoms with Gasteiger partial charge in [-0.25, -0.2) is 9.79 Å². The Bertz CT molecular complexity index is 1750. The van der Waals surface area contributed by atoms with Gasteiger partial charge in [-0.2, -0.15) is 0 Å². The zero-order valence-corrected chi connectivity index (χ0v) is 25.4. The predicted molar refractivity (Wildman–Crippen MR) is 162 cm³/mol. The number of ether oxygens (including phenoxy) is 3. The largest absolute Gasteiger partial charge is 0.493 e. The number of hydrogen-bond donors (Lipinski definition) is 0. The molecule has 10 heteroatoms. The fourth-order valence-corrected chi connectivity index (χ4v) is 6.81. The highest BCUT2D eigenvalue weighted by molar-refractivity contribution is 7.07. The van der Waals surface area contributed by atoms with Gasteiger partial charge in [-0.15, -0.1) is 0 Å². The Labute approximate surface area is 248 Å². The second-order valence-corrected chi connectivity index (χ2v) is 11.2. The van der Waals surface area contributed by atoms with Crippen LogP contribution in [0.1, 0.15) is 63.1 Å². The quantitative estimate of drug-likeness (QED) is 0.261. The summed E-state index contributed by atoms with van der Waals surface area (Å²) < 4.78 is 17.8. The monoisotopic (exact) mass is 589 g/mol. The topological polar surface area (TPSA) is 99.4 Å². The summed E-state index contributed by atoms with van der Waals surface area (Å²) in [7, 11) is 4.36. The molecule has 9 nitrogen and oxygen atoms in total. The molecule has 42 heavy (non-hydrogen) atoms. The molecule has 2 aromatic carbocycles. The Hall–Kier alpha value is -4.18. The Morgan fingerprint density at radius 1 is 0.976 bits per heavy atom.